The zero-order valence-corrected chi connectivity index (χ0v) is 16.8. The summed E-state index contributed by atoms with van der Waals surface area (Å²) in [5.74, 6) is -0.558. The maximum atomic E-state index is 13.0. The van der Waals surface area contributed by atoms with Crippen molar-refractivity contribution in [3.05, 3.63) is 81.5 Å². The summed E-state index contributed by atoms with van der Waals surface area (Å²) in [5, 5.41) is 14.4. The van der Waals surface area contributed by atoms with Gasteiger partial charge >= 0.3 is 0 Å². The molecule has 0 atom stereocenters. The van der Waals surface area contributed by atoms with E-state index in [0.29, 0.717) is 27.8 Å². The second-order valence-electron chi connectivity index (χ2n) is 6.12. The van der Waals surface area contributed by atoms with E-state index in [0.717, 1.165) is 6.20 Å². The summed E-state index contributed by atoms with van der Waals surface area (Å²) in [4.78, 5) is 20.8. The molecular formula is C20H16Cl2FN5O. The largest absolute Gasteiger partial charge is 0.364 e. The van der Waals surface area contributed by atoms with Crippen LogP contribution in [-0.2, 0) is 6.54 Å². The number of nitrogens with zero attached hydrogens (tertiary/aromatic N) is 2. The van der Waals surface area contributed by atoms with Gasteiger partial charge in [-0.05, 0) is 43.3 Å². The average molecular weight is 432 g/mol. The second kappa shape index (κ2) is 8.98. The molecule has 0 bridgehead atoms. The van der Waals surface area contributed by atoms with Crippen LogP contribution in [0.3, 0.4) is 0 Å². The maximum absolute atomic E-state index is 13.0. The van der Waals surface area contributed by atoms with Crippen molar-refractivity contribution in [3.63, 3.8) is 0 Å². The molecule has 0 spiro atoms. The number of amides is 1. The number of anilines is 2. The number of hydrogen-bond acceptors (Lipinski definition) is 5. The first-order valence-electron chi connectivity index (χ1n) is 8.50. The number of aromatic nitrogens is 2. The molecule has 0 aliphatic rings. The first-order valence-corrected chi connectivity index (χ1v) is 9.26. The molecule has 148 valence electrons. The lowest BCUT2D eigenvalue weighted by Gasteiger charge is -2.14. The normalized spacial score (nSPS) is 10.5. The quantitative estimate of drug-likeness (QED) is 0.469. The highest BCUT2D eigenvalue weighted by atomic mass is 35.5. The first-order chi connectivity index (χ1) is 13.8. The Balaban J connectivity index is 1.83. The van der Waals surface area contributed by atoms with Crippen LogP contribution in [0, 0.1) is 11.2 Å². The molecule has 29 heavy (non-hydrogen) atoms. The highest BCUT2D eigenvalue weighted by Gasteiger charge is 2.20. The minimum atomic E-state index is -0.459. The van der Waals surface area contributed by atoms with Crippen LogP contribution in [0.5, 0.6) is 0 Å². The van der Waals surface area contributed by atoms with Gasteiger partial charge in [0.25, 0.3) is 5.91 Å². The summed E-state index contributed by atoms with van der Waals surface area (Å²) in [6.07, 6.45) is 2.45. The van der Waals surface area contributed by atoms with Crippen LogP contribution >= 0.6 is 23.2 Å². The molecule has 2 aromatic heterocycles. The van der Waals surface area contributed by atoms with Crippen LogP contribution in [0.15, 0.2) is 48.8 Å². The fourth-order valence-corrected chi connectivity index (χ4v) is 3.03. The molecule has 6 nitrogen and oxygen atoms in total. The number of rotatable bonds is 6. The zero-order valence-electron chi connectivity index (χ0n) is 15.3. The fourth-order valence-electron chi connectivity index (χ4n) is 2.54. The van der Waals surface area contributed by atoms with E-state index in [1.54, 1.807) is 31.2 Å². The van der Waals surface area contributed by atoms with E-state index in [2.05, 4.69) is 20.6 Å². The number of halogens is 3. The van der Waals surface area contributed by atoms with Crippen molar-refractivity contribution >= 4 is 46.3 Å². The maximum Gasteiger partial charge on any atom is 0.258 e. The topological polar surface area (TPSA) is 90.8 Å². The van der Waals surface area contributed by atoms with E-state index in [9.17, 15) is 9.18 Å². The van der Waals surface area contributed by atoms with Crippen LogP contribution in [0.4, 0.5) is 15.9 Å². The molecule has 0 aliphatic carbocycles. The van der Waals surface area contributed by atoms with Crippen molar-refractivity contribution in [2.75, 3.05) is 10.6 Å². The van der Waals surface area contributed by atoms with Gasteiger partial charge in [0.2, 0.25) is 0 Å². The predicted octanol–water partition coefficient (Wildman–Crippen LogP) is 5.17. The summed E-state index contributed by atoms with van der Waals surface area (Å²) in [6, 6.07) is 9.47. The summed E-state index contributed by atoms with van der Waals surface area (Å²) >= 11 is 12.3. The van der Waals surface area contributed by atoms with E-state index < -0.39 is 11.7 Å². The Morgan fingerprint density at radius 2 is 1.83 bits per heavy atom. The smallest absolute Gasteiger partial charge is 0.258 e. The lowest BCUT2D eigenvalue weighted by molar-refractivity contribution is 0.102. The van der Waals surface area contributed by atoms with Crippen molar-refractivity contribution in [2.45, 2.75) is 13.5 Å². The Hall–Kier alpha value is -3.03. The van der Waals surface area contributed by atoms with Crippen LogP contribution in [0.2, 0.25) is 10.0 Å². The average Bonchev–Trinajstić information content (AvgIpc) is 2.69. The molecule has 1 amide bonds. The van der Waals surface area contributed by atoms with Gasteiger partial charge in [0, 0.05) is 22.6 Å². The van der Waals surface area contributed by atoms with Crippen LogP contribution in [0.25, 0.3) is 0 Å². The molecule has 2 heterocycles. The standard InChI is InChI=1S/C20H16Cl2FN5O/c1-11(24)17-18(22)16(20(29)28-14-5-2-12(21)3-6-14)10-27-19(17)26-9-15-7-4-13(23)8-25-15/h2-8,10,24H,9H2,1H3,(H,26,27)(H,28,29). The van der Waals surface area contributed by atoms with Crippen LogP contribution in [0.1, 0.15) is 28.5 Å². The highest BCUT2D eigenvalue weighted by molar-refractivity contribution is 6.38. The Labute approximate surface area is 176 Å². The number of pyridine rings is 2. The van der Waals surface area contributed by atoms with E-state index in [-0.39, 0.29) is 22.8 Å². The Kier molecular flexibility index (Phi) is 6.41. The molecule has 0 unspecified atom stereocenters. The Bertz CT molecular complexity index is 1060. The number of carbonyl (C=O) groups is 1. The molecule has 1 aromatic carbocycles. The van der Waals surface area contributed by atoms with Crippen LogP contribution in [-0.4, -0.2) is 21.6 Å². The number of benzene rings is 1. The minimum absolute atomic E-state index is 0.105. The van der Waals surface area contributed by atoms with Crippen molar-refractivity contribution in [2.24, 2.45) is 0 Å². The van der Waals surface area contributed by atoms with Gasteiger partial charge in [0.05, 0.1) is 34.6 Å². The molecule has 0 aliphatic heterocycles. The first kappa shape index (κ1) is 20.7. The molecule has 0 radical (unpaired) electrons. The van der Waals surface area contributed by atoms with Gasteiger partial charge < -0.3 is 16.0 Å². The van der Waals surface area contributed by atoms with E-state index in [1.807, 2.05) is 0 Å². The van der Waals surface area contributed by atoms with Gasteiger partial charge in [-0.2, -0.15) is 0 Å². The highest BCUT2D eigenvalue weighted by Crippen LogP contribution is 2.28. The Morgan fingerprint density at radius 3 is 2.45 bits per heavy atom. The molecule has 3 aromatic rings. The molecule has 0 saturated carbocycles. The summed E-state index contributed by atoms with van der Waals surface area (Å²) in [7, 11) is 0. The second-order valence-corrected chi connectivity index (χ2v) is 6.93. The summed E-state index contributed by atoms with van der Waals surface area (Å²) in [6.45, 7) is 1.80. The molecule has 0 fully saturated rings. The van der Waals surface area contributed by atoms with Crippen molar-refractivity contribution in [3.8, 4) is 0 Å². The van der Waals surface area contributed by atoms with E-state index in [4.69, 9.17) is 28.6 Å². The van der Waals surface area contributed by atoms with Gasteiger partial charge in [0.15, 0.2) is 0 Å². The summed E-state index contributed by atoms with van der Waals surface area (Å²) < 4.78 is 13.0. The zero-order chi connectivity index (χ0) is 21.0. The van der Waals surface area contributed by atoms with Crippen molar-refractivity contribution < 1.29 is 9.18 Å². The molecule has 9 heteroatoms. The van der Waals surface area contributed by atoms with E-state index in [1.165, 1.54) is 18.3 Å². The summed E-state index contributed by atoms with van der Waals surface area (Å²) in [5.41, 5.74) is 1.71. The molecule has 0 saturated heterocycles. The fraction of sp³-hybridized carbons (Fsp3) is 0.100. The minimum Gasteiger partial charge on any atom is -0.364 e. The molecule has 3 rings (SSSR count). The lowest BCUT2D eigenvalue weighted by Crippen LogP contribution is -2.16. The third kappa shape index (κ3) is 5.07. The van der Waals surface area contributed by atoms with Gasteiger partial charge in [-0.1, -0.05) is 23.2 Å². The van der Waals surface area contributed by atoms with Gasteiger partial charge in [0.1, 0.15) is 11.6 Å². The SMILES string of the molecule is CC(=N)c1c(NCc2ccc(F)cn2)ncc(C(=O)Nc2ccc(Cl)cc2)c1Cl. The molecule has 3 N–H and O–H groups in total. The van der Waals surface area contributed by atoms with Crippen LogP contribution < -0.4 is 10.6 Å². The third-order valence-electron chi connectivity index (χ3n) is 3.96. The van der Waals surface area contributed by atoms with Gasteiger partial charge in [-0.15, -0.1) is 0 Å². The lowest BCUT2D eigenvalue weighted by atomic mass is 10.1. The number of nitrogens with one attached hydrogen (secondary N) is 3. The Morgan fingerprint density at radius 1 is 1.10 bits per heavy atom. The van der Waals surface area contributed by atoms with Crippen molar-refractivity contribution in [1.29, 1.82) is 5.41 Å². The number of hydrogen-bond donors (Lipinski definition) is 3. The number of carbonyl (C=O) groups excluding carboxylic acids is 1. The predicted molar refractivity (Wildman–Crippen MR) is 113 cm³/mol. The third-order valence-corrected chi connectivity index (χ3v) is 4.61. The van der Waals surface area contributed by atoms with Gasteiger partial charge in [-0.25, -0.2) is 9.37 Å². The van der Waals surface area contributed by atoms with Gasteiger partial charge in [-0.3, -0.25) is 9.78 Å². The van der Waals surface area contributed by atoms with Crippen molar-refractivity contribution in [1.82, 2.24) is 9.97 Å². The molecular weight excluding hydrogens is 416 g/mol. The van der Waals surface area contributed by atoms with E-state index >= 15 is 0 Å². The monoisotopic (exact) mass is 431 g/mol.